The van der Waals surface area contributed by atoms with Gasteiger partial charge in [0.2, 0.25) is 5.91 Å². The van der Waals surface area contributed by atoms with Crippen molar-refractivity contribution >= 4 is 27.3 Å². The minimum absolute atomic E-state index is 0.0875. The molecular formula is C20H22N2O4S. The number of ether oxygens (including phenoxy) is 1. The van der Waals surface area contributed by atoms with E-state index in [1.807, 2.05) is 12.1 Å². The first-order valence-electron chi connectivity index (χ1n) is 9.11. The van der Waals surface area contributed by atoms with Gasteiger partial charge in [-0.05, 0) is 67.3 Å². The van der Waals surface area contributed by atoms with Crippen molar-refractivity contribution in [2.24, 2.45) is 0 Å². The van der Waals surface area contributed by atoms with E-state index in [4.69, 9.17) is 4.74 Å². The topological polar surface area (TPSA) is 66.9 Å². The molecular weight excluding hydrogens is 364 g/mol. The van der Waals surface area contributed by atoms with Crippen LogP contribution in [-0.4, -0.2) is 34.5 Å². The molecule has 2 heterocycles. The molecule has 1 amide bonds. The number of fused-ring (bicyclic) bond motifs is 1. The zero-order chi connectivity index (χ0) is 19.0. The molecule has 2 aliphatic heterocycles. The van der Waals surface area contributed by atoms with E-state index in [1.165, 1.54) is 4.31 Å². The van der Waals surface area contributed by atoms with Gasteiger partial charge in [0.25, 0.3) is 10.0 Å². The number of aryl methyl sites for hydroxylation is 1. The molecule has 0 bridgehead atoms. The molecule has 2 aromatic carbocycles. The standard InChI is InChI=1S/C20H22N2O4S/c1-26-17-8-11-19-15(14-17)4-2-13-22(19)27(24,25)18-9-6-16(7-10-18)21-12-3-5-20(21)23/h6-11,14H,2-5,12-13H2,1H3. The minimum Gasteiger partial charge on any atom is -0.497 e. The van der Waals surface area contributed by atoms with Crippen molar-refractivity contribution in [3.63, 3.8) is 0 Å². The molecule has 2 aliphatic rings. The van der Waals surface area contributed by atoms with Crippen molar-refractivity contribution in [3.05, 3.63) is 48.0 Å². The molecule has 142 valence electrons. The van der Waals surface area contributed by atoms with E-state index in [1.54, 1.807) is 42.3 Å². The van der Waals surface area contributed by atoms with E-state index < -0.39 is 10.0 Å². The lowest BCUT2D eigenvalue weighted by molar-refractivity contribution is -0.117. The van der Waals surface area contributed by atoms with Crippen molar-refractivity contribution in [3.8, 4) is 5.75 Å². The first-order valence-corrected chi connectivity index (χ1v) is 10.5. The second-order valence-corrected chi connectivity index (χ2v) is 8.68. The largest absolute Gasteiger partial charge is 0.497 e. The third kappa shape index (κ3) is 3.16. The Bertz CT molecular complexity index is 970. The SMILES string of the molecule is COc1ccc2c(c1)CCCN2S(=O)(=O)c1ccc(N2CCCC2=O)cc1. The summed E-state index contributed by atoms with van der Waals surface area (Å²) >= 11 is 0. The van der Waals surface area contributed by atoms with Gasteiger partial charge >= 0.3 is 0 Å². The predicted octanol–water partition coefficient (Wildman–Crippen LogP) is 2.96. The number of carbonyl (C=O) groups excluding carboxylic acids is 1. The Kier molecular flexibility index (Phi) is 4.55. The van der Waals surface area contributed by atoms with Crippen LogP contribution in [0.1, 0.15) is 24.8 Å². The van der Waals surface area contributed by atoms with Gasteiger partial charge in [-0.3, -0.25) is 9.10 Å². The van der Waals surface area contributed by atoms with Gasteiger partial charge in [-0.25, -0.2) is 8.42 Å². The summed E-state index contributed by atoms with van der Waals surface area (Å²) in [7, 11) is -2.06. The maximum Gasteiger partial charge on any atom is 0.264 e. The molecule has 0 N–H and O–H groups in total. The quantitative estimate of drug-likeness (QED) is 0.810. The molecule has 0 spiro atoms. The highest BCUT2D eigenvalue weighted by atomic mass is 32.2. The van der Waals surface area contributed by atoms with Gasteiger partial charge in [0.15, 0.2) is 0 Å². The van der Waals surface area contributed by atoms with E-state index in [9.17, 15) is 13.2 Å². The van der Waals surface area contributed by atoms with Crippen LogP contribution in [-0.2, 0) is 21.2 Å². The van der Waals surface area contributed by atoms with E-state index >= 15 is 0 Å². The zero-order valence-electron chi connectivity index (χ0n) is 15.2. The van der Waals surface area contributed by atoms with Crippen molar-refractivity contribution in [2.45, 2.75) is 30.6 Å². The van der Waals surface area contributed by atoms with E-state index in [0.717, 1.165) is 36.3 Å². The molecule has 2 aromatic rings. The molecule has 0 aliphatic carbocycles. The Morgan fingerprint density at radius 2 is 1.70 bits per heavy atom. The number of amides is 1. The number of methoxy groups -OCH3 is 1. The summed E-state index contributed by atoms with van der Waals surface area (Å²) in [6.45, 7) is 1.14. The number of hydrogen-bond donors (Lipinski definition) is 0. The normalized spacial score (nSPS) is 17.1. The predicted molar refractivity (Wildman–Crippen MR) is 104 cm³/mol. The van der Waals surface area contributed by atoms with Crippen LogP contribution in [0.2, 0.25) is 0 Å². The summed E-state index contributed by atoms with van der Waals surface area (Å²) in [4.78, 5) is 13.8. The molecule has 1 saturated heterocycles. The number of carbonyl (C=O) groups is 1. The minimum atomic E-state index is -3.66. The lowest BCUT2D eigenvalue weighted by atomic mass is 10.0. The maximum atomic E-state index is 13.2. The third-order valence-corrected chi connectivity index (χ3v) is 7.00. The van der Waals surface area contributed by atoms with Crippen LogP contribution in [0.4, 0.5) is 11.4 Å². The molecule has 0 radical (unpaired) electrons. The molecule has 27 heavy (non-hydrogen) atoms. The van der Waals surface area contributed by atoms with Crippen LogP contribution < -0.4 is 13.9 Å². The van der Waals surface area contributed by atoms with Crippen molar-refractivity contribution in [1.29, 1.82) is 0 Å². The molecule has 0 atom stereocenters. The average molecular weight is 386 g/mol. The molecule has 6 nitrogen and oxygen atoms in total. The second-order valence-electron chi connectivity index (χ2n) is 6.82. The number of sulfonamides is 1. The van der Waals surface area contributed by atoms with Gasteiger partial charge < -0.3 is 9.64 Å². The highest BCUT2D eigenvalue weighted by Gasteiger charge is 2.30. The number of anilines is 2. The van der Waals surface area contributed by atoms with Crippen LogP contribution in [0.25, 0.3) is 0 Å². The summed E-state index contributed by atoms with van der Waals surface area (Å²) in [5.74, 6) is 0.817. The van der Waals surface area contributed by atoms with Crippen LogP contribution in [0, 0.1) is 0 Å². The molecule has 4 rings (SSSR count). The number of nitrogens with zero attached hydrogens (tertiary/aromatic N) is 2. The number of rotatable bonds is 4. The van der Waals surface area contributed by atoms with Crippen molar-refractivity contribution in [2.75, 3.05) is 29.4 Å². The van der Waals surface area contributed by atoms with Crippen LogP contribution >= 0.6 is 0 Å². The molecule has 0 aromatic heterocycles. The summed E-state index contributed by atoms with van der Waals surface area (Å²) in [6, 6.07) is 12.1. The lowest BCUT2D eigenvalue weighted by Crippen LogP contribution is -2.35. The van der Waals surface area contributed by atoms with Crippen LogP contribution in [0.3, 0.4) is 0 Å². The van der Waals surface area contributed by atoms with E-state index in [0.29, 0.717) is 25.2 Å². The Labute approximate surface area is 159 Å². The van der Waals surface area contributed by atoms with Crippen molar-refractivity contribution in [1.82, 2.24) is 0 Å². The average Bonchev–Trinajstić information content (AvgIpc) is 3.13. The van der Waals surface area contributed by atoms with Gasteiger partial charge in [0, 0.05) is 25.2 Å². The van der Waals surface area contributed by atoms with Gasteiger partial charge in [0.05, 0.1) is 17.7 Å². The third-order valence-electron chi connectivity index (χ3n) is 5.17. The summed E-state index contributed by atoms with van der Waals surface area (Å²) in [5.41, 5.74) is 2.43. The second kappa shape index (κ2) is 6.88. The molecule has 0 saturated carbocycles. The van der Waals surface area contributed by atoms with Gasteiger partial charge in [0.1, 0.15) is 5.75 Å². The maximum absolute atomic E-state index is 13.2. The highest BCUT2D eigenvalue weighted by Crippen LogP contribution is 2.34. The number of hydrogen-bond acceptors (Lipinski definition) is 4. The van der Waals surface area contributed by atoms with Crippen molar-refractivity contribution < 1.29 is 17.9 Å². The number of benzene rings is 2. The van der Waals surface area contributed by atoms with Crippen LogP contribution in [0.5, 0.6) is 5.75 Å². The molecule has 0 unspecified atom stereocenters. The lowest BCUT2D eigenvalue weighted by Gasteiger charge is -2.30. The Morgan fingerprint density at radius 1 is 0.963 bits per heavy atom. The fourth-order valence-electron chi connectivity index (χ4n) is 3.76. The van der Waals surface area contributed by atoms with Gasteiger partial charge in [-0.1, -0.05) is 0 Å². The summed E-state index contributed by atoms with van der Waals surface area (Å²) in [5, 5.41) is 0. The van der Waals surface area contributed by atoms with Gasteiger partial charge in [-0.15, -0.1) is 0 Å². The van der Waals surface area contributed by atoms with E-state index in [-0.39, 0.29) is 10.8 Å². The summed E-state index contributed by atoms with van der Waals surface area (Å²) in [6.07, 6.45) is 2.98. The first-order chi connectivity index (χ1) is 13.0. The fourth-order valence-corrected chi connectivity index (χ4v) is 5.30. The Balaban J connectivity index is 1.65. The van der Waals surface area contributed by atoms with Gasteiger partial charge in [-0.2, -0.15) is 0 Å². The summed E-state index contributed by atoms with van der Waals surface area (Å²) < 4.78 is 33.2. The Morgan fingerprint density at radius 3 is 2.37 bits per heavy atom. The molecule has 1 fully saturated rings. The highest BCUT2D eigenvalue weighted by molar-refractivity contribution is 7.92. The Hall–Kier alpha value is -2.54. The fraction of sp³-hybridized carbons (Fsp3) is 0.350. The first kappa shape index (κ1) is 17.9. The van der Waals surface area contributed by atoms with Crippen LogP contribution in [0.15, 0.2) is 47.4 Å². The molecule has 7 heteroatoms. The zero-order valence-corrected chi connectivity index (χ0v) is 16.0. The van der Waals surface area contributed by atoms with E-state index in [2.05, 4.69) is 0 Å². The monoisotopic (exact) mass is 386 g/mol. The smallest absolute Gasteiger partial charge is 0.264 e.